The summed E-state index contributed by atoms with van der Waals surface area (Å²) in [5, 5.41) is 8.21. The van der Waals surface area contributed by atoms with Gasteiger partial charge in [0, 0.05) is 12.2 Å². The molecule has 0 spiro atoms. The lowest BCUT2D eigenvalue weighted by atomic mass is 10.1. The van der Waals surface area contributed by atoms with Crippen LogP contribution < -0.4 is 5.32 Å². The van der Waals surface area contributed by atoms with Crippen LogP contribution >= 0.6 is 11.6 Å². The highest BCUT2D eigenvalue weighted by Gasteiger charge is 2.15. The maximum absolute atomic E-state index is 6.23. The highest BCUT2D eigenvalue weighted by atomic mass is 35.5. The zero-order valence-electron chi connectivity index (χ0n) is 12.4. The minimum atomic E-state index is 0.500. The van der Waals surface area contributed by atoms with Crippen molar-refractivity contribution >= 4 is 17.5 Å². The Morgan fingerprint density at radius 3 is 2.65 bits per heavy atom. The van der Waals surface area contributed by atoms with E-state index in [1.807, 2.05) is 13.8 Å². The largest absolute Gasteiger partial charge is 0.354 e. The van der Waals surface area contributed by atoms with E-state index in [1.165, 1.54) is 5.56 Å². The van der Waals surface area contributed by atoms with Crippen molar-refractivity contribution < 1.29 is 0 Å². The maximum Gasteiger partial charge on any atom is 0.224 e. The predicted octanol–water partition coefficient (Wildman–Crippen LogP) is 3.32. The van der Waals surface area contributed by atoms with E-state index in [0.717, 1.165) is 30.8 Å². The lowest BCUT2D eigenvalue weighted by molar-refractivity contribution is 0.799. The van der Waals surface area contributed by atoms with Crippen LogP contribution in [0.25, 0.3) is 5.82 Å². The smallest absolute Gasteiger partial charge is 0.224 e. The molecule has 0 radical (unpaired) electrons. The summed E-state index contributed by atoms with van der Waals surface area (Å²) < 4.78 is 1.80. The fourth-order valence-electron chi connectivity index (χ4n) is 2.22. The van der Waals surface area contributed by atoms with Crippen LogP contribution in [0.1, 0.15) is 37.2 Å². The summed E-state index contributed by atoms with van der Waals surface area (Å²) in [6.45, 7) is 9.10. The summed E-state index contributed by atoms with van der Waals surface area (Å²) in [6, 6.07) is 0. The quantitative estimate of drug-likeness (QED) is 0.919. The molecule has 2 aromatic rings. The van der Waals surface area contributed by atoms with Gasteiger partial charge in [0.25, 0.3) is 0 Å². The molecule has 2 aromatic heterocycles. The second-order valence-electron chi connectivity index (χ2n) is 4.71. The third-order valence-corrected chi connectivity index (χ3v) is 3.52. The molecule has 108 valence electrons. The van der Waals surface area contributed by atoms with Crippen LogP contribution in [0.5, 0.6) is 0 Å². The summed E-state index contributed by atoms with van der Waals surface area (Å²) in [5.74, 6) is 1.21. The summed E-state index contributed by atoms with van der Waals surface area (Å²) in [6.07, 6.45) is 3.58. The molecule has 6 heteroatoms. The van der Waals surface area contributed by atoms with Crippen molar-refractivity contribution in [3.63, 3.8) is 0 Å². The van der Waals surface area contributed by atoms with Crippen LogP contribution in [-0.4, -0.2) is 26.3 Å². The molecule has 0 aliphatic heterocycles. The Balaban J connectivity index is 2.46. The predicted molar refractivity (Wildman–Crippen MR) is 81.8 cm³/mol. The maximum atomic E-state index is 6.23. The summed E-state index contributed by atoms with van der Waals surface area (Å²) >= 11 is 6.23. The fourth-order valence-corrected chi connectivity index (χ4v) is 2.39. The zero-order valence-corrected chi connectivity index (χ0v) is 13.1. The van der Waals surface area contributed by atoms with Crippen LogP contribution in [0.4, 0.5) is 5.95 Å². The first-order chi connectivity index (χ1) is 9.58. The molecule has 0 unspecified atom stereocenters. The van der Waals surface area contributed by atoms with Crippen molar-refractivity contribution in [1.29, 1.82) is 0 Å². The SMILES string of the molecule is CCCNc1ncc(Cl)c(-n2nc(C)c(CC)c2C)n1. The number of aryl methyl sites for hydroxylation is 1. The molecule has 0 fully saturated rings. The Morgan fingerprint density at radius 2 is 2.05 bits per heavy atom. The Bertz CT molecular complexity index is 606. The van der Waals surface area contributed by atoms with Crippen molar-refractivity contribution in [3.05, 3.63) is 28.2 Å². The molecule has 0 aliphatic carbocycles. The molecular weight excluding hydrogens is 274 g/mol. The average Bonchev–Trinajstić information content (AvgIpc) is 2.72. The monoisotopic (exact) mass is 293 g/mol. The Labute approximate surface area is 124 Å². The van der Waals surface area contributed by atoms with Crippen LogP contribution in [-0.2, 0) is 6.42 Å². The molecule has 0 saturated carbocycles. The van der Waals surface area contributed by atoms with Crippen LogP contribution in [0, 0.1) is 13.8 Å². The van der Waals surface area contributed by atoms with Crippen LogP contribution in [0.15, 0.2) is 6.20 Å². The van der Waals surface area contributed by atoms with Crippen molar-refractivity contribution in [2.45, 2.75) is 40.5 Å². The first kappa shape index (κ1) is 14.8. The number of anilines is 1. The van der Waals surface area contributed by atoms with E-state index in [-0.39, 0.29) is 0 Å². The van der Waals surface area contributed by atoms with Crippen molar-refractivity contribution in [1.82, 2.24) is 19.7 Å². The topological polar surface area (TPSA) is 55.6 Å². The molecular formula is C14H20ClN5. The van der Waals surface area contributed by atoms with Gasteiger partial charge in [-0.15, -0.1) is 0 Å². The Kier molecular flexibility index (Phi) is 4.60. The van der Waals surface area contributed by atoms with Crippen molar-refractivity contribution in [2.24, 2.45) is 0 Å². The van der Waals surface area contributed by atoms with Gasteiger partial charge in [0.05, 0.1) is 11.9 Å². The Morgan fingerprint density at radius 1 is 1.30 bits per heavy atom. The molecule has 0 aliphatic rings. The van der Waals surface area contributed by atoms with E-state index in [4.69, 9.17) is 11.6 Å². The molecule has 0 saturated heterocycles. The number of aromatic nitrogens is 4. The van der Waals surface area contributed by atoms with Gasteiger partial charge in [-0.05, 0) is 32.3 Å². The van der Waals surface area contributed by atoms with Gasteiger partial charge in [-0.25, -0.2) is 9.67 Å². The van der Waals surface area contributed by atoms with Crippen LogP contribution in [0.3, 0.4) is 0 Å². The molecule has 0 bridgehead atoms. The number of nitrogens with zero attached hydrogens (tertiary/aromatic N) is 4. The van der Waals surface area contributed by atoms with Gasteiger partial charge in [-0.1, -0.05) is 25.4 Å². The van der Waals surface area contributed by atoms with Crippen molar-refractivity contribution in [3.8, 4) is 5.82 Å². The van der Waals surface area contributed by atoms with E-state index in [0.29, 0.717) is 16.8 Å². The highest BCUT2D eigenvalue weighted by molar-refractivity contribution is 6.32. The number of nitrogens with one attached hydrogen (secondary N) is 1. The molecule has 1 N–H and O–H groups in total. The minimum absolute atomic E-state index is 0.500. The number of halogens is 1. The second-order valence-corrected chi connectivity index (χ2v) is 5.11. The number of hydrogen-bond donors (Lipinski definition) is 1. The van der Waals surface area contributed by atoms with Gasteiger partial charge in [0.15, 0.2) is 5.82 Å². The Hall–Kier alpha value is -1.62. The lowest BCUT2D eigenvalue weighted by Gasteiger charge is -2.09. The summed E-state index contributed by atoms with van der Waals surface area (Å²) in [7, 11) is 0. The molecule has 0 atom stereocenters. The first-order valence-corrected chi connectivity index (χ1v) is 7.28. The van der Waals surface area contributed by atoms with E-state index in [1.54, 1.807) is 10.9 Å². The highest BCUT2D eigenvalue weighted by Crippen LogP contribution is 2.23. The van der Waals surface area contributed by atoms with E-state index < -0.39 is 0 Å². The first-order valence-electron chi connectivity index (χ1n) is 6.90. The van der Waals surface area contributed by atoms with Crippen LogP contribution in [0.2, 0.25) is 5.02 Å². The van der Waals surface area contributed by atoms with Gasteiger partial charge >= 0.3 is 0 Å². The molecule has 0 aromatic carbocycles. The lowest BCUT2D eigenvalue weighted by Crippen LogP contribution is -2.09. The molecule has 20 heavy (non-hydrogen) atoms. The summed E-state index contributed by atoms with van der Waals surface area (Å²) in [5.41, 5.74) is 3.33. The number of rotatable bonds is 5. The number of hydrogen-bond acceptors (Lipinski definition) is 4. The van der Waals surface area contributed by atoms with E-state index in [9.17, 15) is 0 Å². The van der Waals surface area contributed by atoms with Gasteiger partial charge in [0.1, 0.15) is 5.02 Å². The van der Waals surface area contributed by atoms with Gasteiger partial charge < -0.3 is 5.32 Å². The standard InChI is InChI=1S/C14H20ClN5/c1-5-7-16-14-17-8-12(15)13(18-14)20-10(4)11(6-2)9(3)19-20/h8H,5-7H2,1-4H3,(H,16,17,18). The third-order valence-electron chi connectivity index (χ3n) is 3.25. The minimum Gasteiger partial charge on any atom is -0.354 e. The molecule has 2 rings (SSSR count). The third kappa shape index (κ3) is 2.77. The van der Waals surface area contributed by atoms with Gasteiger partial charge in [-0.3, -0.25) is 0 Å². The molecule has 2 heterocycles. The zero-order chi connectivity index (χ0) is 14.7. The van der Waals surface area contributed by atoms with Gasteiger partial charge in [0.2, 0.25) is 5.95 Å². The van der Waals surface area contributed by atoms with Crippen molar-refractivity contribution in [2.75, 3.05) is 11.9 Å². The second kappa shape index (κ2) is 6.22. The summed E-state index contributed by atoms with van der Waals surface area (Å²) in [4.78, 5) is 8.66. The fraction of sp³-hybridized carbons (Fsp3) is 0.500. The van der Waals surface area contributed by atoms with E-state index >= 15 is 0 Å². The molecule has 0 amide bonds. The molecule has 5 nitrogen and oxygen atoms in total. The average molecular weight is 294 g/mol. The normalized spacial score (nSPS) is 10.8. The van der Waals surface area contributed by atoms with Gasteiger partial charge in [-0.2, -0.15) is 10.1 Å². The van der Waals surface area contributed by atoms with E-state index in [2.05, 4.69) is 34.2 Å².